The average Bonchev–Trinajstić information content (AvgIpc) is 2.49. The van der Waals surface area contributed by atoms with Gasteiger partial charge in [-0.3, -0.25) is 0 Å². The summed E-state index contributed by atoms with van der Waals surface area (Å²) in [5.41, 5.74) is 0.458. The number of hydrogen-bond acceptors (Lipinski definition) is 2. The smallest absolute Gasteiger partial charge is 0.317 e. The maximum absolute atomic E-state index is 13.6. The third-order valence-electron chi connectivity index (χ3n) is 3.54. The summed E-state index contributed by atoms with van der Waals surface area (Å²) >= 11 is 3.29. The van der Waals surface area contributed by atoms with Gasteiger partial charge in [-0.1, -0.05) is 15.9 Å². The van der Waals surface area contributed by atoms with Crippen LogP contribution in [0.2, 0.25) is 0 Å². The largest absolute Gasteiger partial charge is 0.376 e. The molecule has 0 spiro atoms. The second-order valence-corrected chi connectivity index (χ2v) is 6.18. The minimum atomic E-state index is -0.322. The van der Waals surface area contributed by atoms with E-state index in [1.807, 2.05) is 0 Å². The van der Waals surface area contributed by atoms with E-state index in [9.17, 15) is 9.18 Å². The first-order valence-electron chi connectivity index (χ1n) is 7.11. The number of likely N-dealkylation sites (N-methyl/N-ethyl adjacent to an activating group) is 1. The predicted octanol–water partition coefficient (Wildman–Crippen LogP) is 3.30. The molecule has 2 rings (SSSR count). The zero-order valence-electron chi connectivity index (χ0n) is 12.1. The van der Waals surface area contributed by atoms with Crippen LogP contribution in [0.15, 0.2) is 22.7 Å². The third kappa shape index (κ3) is 4.97. The maximum atomic E-state index is 13.6. The second-order valence-electron chi connectivity index (χ2n) is 5.26. The Bertz CT molecular complexity index is 493. The standard InChI is InChI=1S/C15H20BrFN2O2/c1-19(10-13-4-2-3-7-21-13)15(20)18-9-11-8-12(16)5-6-14(11)17/h5-6,8,13H,2-4,7,9-10H2,1H3,(H,18,20). The van der Waals surface area contributed by atoms with Gasteiger partial charge in [0.05, 0.1) is 6.10 Å². The summed E-state index contributed by atoms with van der Waals surface area (Å²) in [7, 11) is 1.73. The molecule has 1 aliphatic heterocycles. The number of rotatable bonds is 4. The van der Waals surface area contributed by atoms with Gasteiger partial charge in [0, 0.05) is 36.8 Å². The van der Waals surface area contributed by atoms with Crippen LogP contribution in [0.1, 0.15) is 24.8 Å². The molecular weight excluding hydrogens is 339 g/mol. The van der Waals surface area contributed by atoms with Crippen molar-refractivity contribution in [1.29, 1.82) is 0 Å². The SMILES string of the molecule is CN(CC1CCCCO1)C(=O)NCc1cc(Br)ccc1F. The number of carbonyl (C=O) groups is 1. The number of urea groups is 1. The fourth-order valence-corrected chi connectivity index (χ4v) is 2.73. The minimum Gasteiger partial charge on any atom is -0.376 e. The summed E-state index contributed by atoms with van der Waals surface area (Å²) in [6.45, 7) is 1.50. The molecule has 0 aliphatic carbocycles. The Balaban J connectivity index is 1.81. The molecule has 0 aromatic heterocycles. The van der Waals surface area contributed by atoms with Crippen molar-refractivity contribution in [3.63, 3.8) is 0 Å². The molecule has 21 heavy (non-hydrogen) atoms. The van der Waals surface area contributed by atoms with E-state index in [2.05, 4.69) is 21.2 Å². The van der Waals surface area contributed by atoms with E-state index >= 15 is 0 Å². The molecule has 1 aromatic carbocycles. The Morgan fingerprint density at radius 3 is 3.05 bits per heavy atom. The fourth-order valence-electron chi connectivity index (χ4n) is 2.32. The minimum absolute atomic E-state index is 0.108. The van der Waals surface area contributed by atoms with Crippen molar-refractivity contribution in [3.8, 4) is 0 Å². The van der Waals surface area contributed by atoms with Crippen LogP contribution in [0.25, 0.3) is 0 Å². The molecule has 0 radical (unpaired) electrons. The molecule has 1 unspecified atom stereocenters. The first kappa shape index (κ1) is 16.2. The summed E-state index contributed by atoms with van der Waals surface area (Å²) in [5, 5.41) is 2.73. The van der Waals surface area contributed by atoms with E-state index in [0.717, 1.165) is 30.3 Å². The Hall–Kier alpha value is -1.14. The highest BCUT2D eigenvalue weighted by Gasteiger charge is 2.18. The van der Waals surface area contributed by atoms with Crippen molar-refractivity contribution in [3.05, 3.63) is 34.1 Å². The number of amides is 2. The van der Waals surface area contributed by atoms with Gasteiger partial charge >= 0.3 is 6.03 Å². The molecule has 4 nitrogen and oxygen atoms in total. The van der Waals surface area contributed by atoms with Crippen LogP contribution in [0.4, 0.5) is 9.18 Å². The lowest BCUT2D eigenvalue weighted by Gasteiger charge is -2.27. The summed E-state index contributed by atoms with van der Waals surface area (Å²) in [6.07, 6.45) is 3.33. The van der Waals surface area contributed by atoms with Gasteiger partial charge in [-0.15, -0.1) is 0 Å². The molecule has 1 aliphatic rings. The first-order valence-corrected chi connectivity index (χ1v) is 7.90. The zero-order chi connectivity index (χ0) is 15.2. The summed E-state index contributed by atoms with van der Waals surface area (Å²) in [5.74, 6) is -0.322. The number of nitrogens with zero attached hydrogens (tertiary/aromatic N) is 1. The second kappa shape index (κ2) is 7.75. The molecule has 1 fully saturated rings. The van der Waals surface area contributed by atoms with Gasteiger partial charge in [-0.05, 0) is 37.5 Å². The van der Waals surface area contributed by atoms with E-state index in [4.69, 9.17) is 4.74 Å². The van der Waals surface area contributed by atoms with Crippen molar-refractivity contribution >= 4 is 22.0 Å². The van der Waals surface area contributed by atoms with Gasteiger partial charge in [-0.2, -0.15) is 0 Å². The lowest BCUT2D eigenvalue weighted by molar-refractivity contribution is 0.00385. The zero-order valence-corrected chi connectivity index (χ0v) is 13.7. The van der Waals surface area contributed by atoms with Crippen LogP contribution in [0, 0.1) is 5.82 Å². The van der Waals surface area contributed by atoms with E-state index < -0.39 is 0 Å². The Labute approximate surface area is 132 Å². The van der Waals surface area contributed by atoms with Gasteiger partial charge in [0.15, 0.2) is 0 Å². The van der Waals surface area contributed by atoms with Crippen LogP contribution in [0.5, 0.6) is 0 Å². The summed E-state index contributed by atoms with van der Waals surface area (Å²) in [4.78, 5) is 13.6. The topological polar surface area (TPSA) is 41.6 Å². The number of ether oxygens (including phenoxy) is 1. The fraction of sp³-hybridized carbons (Fsp3) is 0.533. The molecule has 1 aromatic rings. The van der Waals surface area contributed by atoms with Crippen molar-refractivity contribution in [2.75, 3.05) is 20.2 Å². The highest BCUT2D eigenvalue weighted by Crippen LogP contribution is 2.16. The van der Waals surface area contributed by atoms with Gasteiger partial charge in [0.1, 0.15) is 5.82 Å². The van der Waals surface area contributed by atoms with Gasteiger partial charge < -0.3 is 15.0 Å². The molecule has 1 atom stereocenters. The molecular formula is C15H20BrFN2O2. The highest BCUT2D eigenvalue weighted by molar-refractivity contribution is 9.10. The van der Waals surface area contributed by atoms with E-state index in [1.165, 1.54) is 6.07 Å². The summed E-state index contributed by atoms with van der Waals surface area (Å²) in [6, 6.07) is 4.46. The molecule has 116 valence electrons. The Kier molecular flexibility index (Phi) is 5.99. The van der Waals surface area contributed by atoms with Crippen LogP contribution < -0.4 is 5.32 Å². The third-order valence-corrected chi connectivity index (χ3v) is 4.03. The molecule has 1 heterocycles. The van der Waals surface area contributed by atoms with Crippen LogP contribution in [-0.2, 0) is 11.3 Å². The van der Waals surface area contributed by atoms with Crippen LogP contribution in [-0.4, -0.2) is 37.2 Å². The molecule has 6 heteroatoms. The summed E-state index contributed by atoms with van der Waals surface area (Å²) < 4.78 is 20.0. The van der Waals surface area contributed by atoms with Gasteiger partial charge in [0.2, 0.25) is 0 Å². The average molecular weight is 359 g/mol. The lowest BCUT2D eigenvalue weighted by atomic mass is 10.1. The van der Waals surface area contributed by atoms with Crippen molar-refractivity contribution < 1.29 is 13.9 Å². The maximum Gasteiger partial charge on any atom is 0.317 e. The molecule has 0 bridgehead atoms. The molecule has 1 saturated heterocycles. The van der Waals surface area contributed by atoms with Gasteiger partial charge in [0.25, 0.3) is 0 Å². The number of carbonyl (C=O) groups excluding carboxylic acids is 1. The molecule has 2 amide bonds. The number of halogens is 2. The number of nitrogens with one attached hydrogen (secondary N) is 1. The van der Waals surface area contributed by atoms with E-state index in [-0.39, 0.29) is 24.5 Å². The lowest BCUT2D eigenvalue weighted by Crippen LogP contribution is -2.42. The van der Waals surface area contributed by atoms with Gasteiger partial charge in [-0.25, -0.2) is 9.18 Å². The normalized spacial score (nSPS) is 18.3. The monoisotopic (exact) mass is 358 g/mol. The molecule has 1 N–H and O–H groups in total. The quantitative estimate of drug-likeness (QED) is 0.896. The van der Waals surface area contributed by atoms with E-state index in [0.29, 0.717) is 12.1 Å². The highest BCUT2D eigenvalue weighted by atomic mass is 79.9. The Morgan fingerprint density at radius 1 is 1.52 bits per heavy atom. The van der Waals surface area contributed by atoms with Crippen LogP contribution in [0.3, 0.4) is 0 Å². The predicted molar refractivity (Wildman–Crippen MR) is 82.6 cm³/mol. The van der Waals surface area contributed by atoms with Crippen molar-refractivity contribution in [2.45, 2.75) is 31.9 Å². The Morgan fingerprint density at radius 2 is 2.33 bits per heavy atom. The van der Waals surface area contributed by atoms with E-state index in [1.54, 1.807) is 24.1 Å². The first-order chi connectivity index (χ1) is 10.1. The number of benzene rings is 1. The molecule has 0 saturated carbocycles. The van der Waals surface area contributed by atoms with Crippen LogP contribution >= 0.6 is 15.9 Å². The van der Waals surface area contributed by atoms with Crippen molar-refractivity contribution in [2.24, 2.45) is 0 Å². The number of hydrogen-bond donors (Lipinski definition) is 1. The van der Waals surface area contributed by atoms with Crippen molar-refractivity contribution in [1.82, 2.24) is 10.2 Å².